The number of alkyl halides is 3. The maximum Gasteiger partial charge on any atom is 0.436 e. The second-order valence-corrected chi connectivity index (χ2v) is 7.89. The summed E-state index contributed by atoms with van der Waals surface area (Å²) in [6, 6.07) is 6.64. The summed E-state index contributed by atoms with van der Waals surface area (Å²) in [5.74, 6) is -0.00923. The third-order valence-corrected chi connectivity index (χ3v) is 5.90. The molecule has 0 spiro atoms. The van der Waals surface area contributed by atoms with E-state index in [0.717, 1.165) is 18.5 Å². The van der Waals surface area contributed by atoms with Crippen molar-refractivity contribution in [2.75, 3.05) is 5.32 Å². The van der Waals surface area contributed by atoms with Gasteiger partial charge in [0.15, 0.2) is 11.9 Å². The van der Waals surface area contributed by atoms with E-state index in [0.29, 0.717) is 21.9 Å². The van der Waals surface area contributed by atoms with Crippen molar-refractivity contribution < 1.29 is 18.3 Å². The van der Waals surface area contributed by atoms with Gasteiger partial charge in [-0.05, 0) is 44.0 Å². The second kappa shape index (κ2) is 7.06. The number of rotatable bonds is 5. The van der Waals surface area contributed by atoms with Gasteiger partial charge >= 0.3 is 6.18 Å². The minimum Gasteiger partial charge on any atom is -0.369 e. The summed E-state index contributed by atoms with van der Waals surface area (Å²) in [6.45, 7) is 1.80. The van der Waals surface area contributed by atoms with Crippen LogP contribution in [0.5, 0.6) is 0 Å². The summed E-state index contributed by atoms with van der Waals surface area (Å²) in [7, 11) is 0. The van der Waals surface area contributed by atoms with E-state index in [1.54, 1.807) is 36.7 Å². The molecule has 4 rings (SSSR count). The first kappa shape index (κ1) is 19.2. The maximum atomic E-state index is 13.2. The number of halogens is 4. The van der Waals surface area contributed by atoms with Crippen molar-refractivity contribution in [1.82, 2.24) is 14.8 Å². The van der Waals surface area contributed by atoms with Crippen LogP contribution < -0.4 is 5.32 Å². The van der Waals surface area contributed by atoms with Crippen LogP contribution in [0.25, 0.3) is 5.69 Å². The van der Waals surface area contributed by atoms with Crippen LogP contribution >= 0.6 is 22.9 Å². The zero-order valence-electron chi connectivity index (χ0n) is 14.7. The third kappa shape index (κ3) is 3.61. The van der Waals surface area contributed by atoms with Crippen LogP contribution in [0.4, 0.5) is 18.9 Å². The molecule has 0 radical (unpaired) electrons. The van der Waals surface area contributed by atoms with Gasteiger partial charge in [-0.25, -0.2) is 9.67 Å². The van der Waals surface area contributed by atoms with E-state index in [4.69, 9.17) is 11.6 Å². The van der Waals surface area contributed by atoms with Gasteiger partial charge in [-0.1, -0.05) is 11.6 Å². The van der Waals surface area contributed by atoms with Crippen LogP contribution in [-0.4, -0.2) is 19.9 Å². The number of hydrogen-bond acceptors (Lipinski definition) is 5. The number of aliphatic hydroxyl groups excluding tert-OH is 1. The Balaban J connectivity index is 1.62. The van der Waals surface area contributed by atoms with E-state index in [9.17, 15) is 18.3 Å². The Bertz CT molecular complexity index is 995. The van der Waals surface area contributed by atoms with Crippen molar-refractivity contribution in [2.45, 2.75) is 38.1 Å². The fourth-order valence-electron chi connectivity index (χ4n) is 2.99. The van der Waals surface area contributed by atoms with Crippen LogP contribution in [-0.2, 0) is 6.18 Å². The average molecular weight is 429 g/mol. The molecule has 1 aromatic carbocycles. The topological polar surface area (TPSA) is 63.0 Å². The molecule has 2 heterocycles. The highest BCUT2D eigenvalue weighted by Crippen LogP contribution is 2.47. The maximum absolute atomic E-state index is 13.2. The molecule has 1 fully saturated rings. The molecule has 0 bridgehead atoms. The van der Waals surface area contributed by atoms with E-state index in [-0.39, 0.29) is 10.9 Å². The van der Waals surface area contributed by atoms with Gasteiger partial charge in [0.1, 0.15) is 0 Å². The van der Waals surface area contributed by atoms with Crippen LogP contribution in [0.1, 0.15) is 46.9 Å². The Kier molecular flexibility index (Phi) is 4.84. The fourth-order valence-corrected chi connectivity index (χ4v) is 4.11. The van der Waals surface area contributed by atoms with Crippen molar-refractivity contribution in [2.24, 2.45) is 0 Å². The number of hydrogen-bond donors (Lipinski definition) is 2. The lowest BCUT2D eigenvalue weighted by Crippen LogP contribution is -2.10. The van der Waals surface area contributed by atoms with Gasteiger partial charge in [0.2, 0.25) is 0 Å². The van der Waals surface area contributed by atoms with Crippen molar-refractivity contribution >= 4 is 28.6 Å². The summed E-state index contributed by atoms with van der Waals surface area (Å²) in [5, 5.41) is 16.6. The molecule has 1 aliphatic carbocycles. The number of aliphatic hydroxyl groups is 1. The number of aryl methyl sites for hydroxylation is 1. The van der Waals surface area contributed by atoms with E-state index >= 15 is 0 Å². The SMILES string of the molecule is Cc1ncsc1C(O)Nc1ccc(-n2nc(C(F)(F)F)c(Cl)c2C2CC2)cc1. The Hall–Kier alpha value is -2.10. The predicted molar refractivity (Wildman–Crippen MR) is 101 cm³/mol. The number of benzene rings is 1. The first-order valence-electron chi connectivity index (χ1n) is 8.56. The van der Waals surface area contributed by atoms with Crippen LogP contribution in [0.15, 0.2) is 29.8 Å². The lowest BCUT2D eigenvalue weighted by atomic mass is 10.2. The van der Waals surface area contributed by atoms with Crippen molar-refractivity contribution in [3.63, 3.8) is 0 Å². The Morgan fingerprint density at radius 2 is 1.96 bits per heavy atom. The average Bonchev–Trinajstić information content (AvgIpc) is 3.27. The molecular weight excluding hydrogens is 413 g/mol. The Labute approximate surface area is 167 Å². The van der Waals surface area contributed by atoms with Crippen LogP contribution in [0.2, 0.25) is 5.02 Å². The molecule has 2 aromatic heterocycles. The number of nitrogens with one attached hydrogen (secondary N) is 1. The van der Waals surface area contributed by atoms with Crippen LogP contribution in [0, 0.1) is 6.92 Å². The smallest absolute Gasteiger partial charge is 0.369 e. The standard InChI is InChI=1S/C18H16ClF3N4OS/c1-9-15(28-8-23-9)17(27)24-11-4-6-12(7-5-11)26-14(10-2-3-10)13(19)16(25-26)18(20,21)22/h4-8,10,17,24,27H,2-3H2,1H3. The van der Waals surface area contributed by atoms with Gasteiger partial charge in [0, 0.05) is 11.6 Å². The number of nitrogens with zero attached hydrogens (tertiary/aromatic N) is 3. The largest absolute Gasteiger partial charge is 0.436 e. The summed E-state index contributed by atoms with van der Waals surface area (Å²) < 4.78 is 40.9. The first-order valence-corrected chi connectivity index (χ1v) is 9.82. The summed E-state index contributed by atoms with van der Waals surface area (Å²) >= 11 is 7.35. The van der Waals surface area contributed by atoms with Crippen molar-refractivity contribution in [3.8, 4) is 5.69 Å². The summed E-state index contributed by atoms with van der Waals surface area (Å²) in [4.78, 5) is 4.80. The molecule has 2 N–H and O–H groups in total. The molecule has 1 unspecified atom stereocenters. The highest BCUT2D eigenvalue weighted by molar-refractivity contribution is 7.09. The molecule has 3 aromatic rings. The van der Waals surface area contributed by atoms with Gasteiger partial charge in [-0.15, -0.1) is 11.3 Å². The Morgan fingerprint density at radius 1 is 1.29 bits per heavy atom. The molecule has 28 heavy (non-hydrogen) atoms. The minimum atomic E-state index is -4.61. The number of thiazole rings is 1. The lowest BCUT2D eigenvalue weighted by Gasteiger charge is -2.14. The molecule has 10 heteroatoms. The van der Waals surface area contributed by atoms with E-state index < -0.39 is 18.1 Å². The zero-order chi connectivity index (χ0) is 20.1. The van der Waals surface area contributed by atoms with Crippen LogP contribution in [0.3, 0.4) is 0 Å². The molecule has 0 aliphatic heterocycles. The van der Waals surface area contributed by atoms with Gasteiger partial charge in [-0.2, -0.15) is 18.3 Å². The van der Waals surface area contributed by atoms with Gasteiger partial charge in [0.05, 0.1) is 32.5 Å². The first-order chi connectivity index (χ1) is 13.3. The second-order valence-electron chi connectivity index (χ2n) is 6.63. The predicted octanol–water partition coefficient (Wildman–Crippen LogP) is 5.29. The fraction of sp³-hybridized carbons (Fsp3) is 0.333. The van der Waals surface area contributed by atoms with Gasteiger partial charge < -0.3 is 10.4 Å². The number of aromatic nitrogens is 3. The molecule has 1 aliphatic rings. The monoisotopic (exact) mass is 428 g/mol. The van der Waals surface area contributed by atoms with Crippen molar-refractivity contribution in [3.05, 3.63) is 56.8 Å². The van der Waals surface area contributed by atoms with Crippen molar-refractivity contribution in [1.29, 1.82) is 0 Å². The summed E-state index contributed by atoms with van der Waals surface area (Å²) in [5.41, 5.74) is 2.82. The van der Waals surface area contributed by atoms with Gasteiger partial charge in [-0.3, -0.25) is 0 Å². The van der Waals surface area contributed by atoms with E-state index in [1.165, 1.54) is 16.0 Å². The highest BCUT2D eigenvalue weighted by Gasteiger charge is 2.42. The molecule has 1 saturated carbocycles. The number of anilines is 1. The molecule has 0 amide bonds. The normalized spacial score (nSPS) is 15.6. The third-order valence-electron chi connectivity index (χ3n) is 4.54. The van der Waals surface area contributed by atoms with E-state index in [2.05, 4.69) is 15.4 Å². The molecule has 0 saturated heterocycles. The van der Waals surface area contributed by atoms with Gasteiger partial charge in [0.25, 0.3) is 0 Å². The van der Waals surface area contributed by atoms with E-state index in [1.807, 2.05) is 0 Å². The molecular formula is C18H16ClF3N4OS. The molecule has 1 atom stereocenters. The minimum absolute atomic E-state index is 0.00923. The molecule has 5 nitrogen and oxygen atoms in total. The highest BCUT2D eigenvalue weighted by atomic mass is 35.5. The quantitative estimate of drug-likeness (QED) is 0.542. The zero-order valence-corrected chi connectivity index (χ0v) is 16.2. The Morgan fingerprint density at radius 3 is 2.50 bits per heavy atom. The molecule has 148 valence electrons. The lowest BCUT2D eigenvalue weighted by molar-refractivity contribution is -0.141. The summed E-state index contributed by atoms with van der Waals surface area (Å²) in [6.07, 6.45) is -3.94.